The van der Waals surface area contributed by atoms with Gasteiger partial charge in [0, 0.05) is 39.9 Å². The molecule has 7 heteroatoms. The molecule has 0 aliphatic rings. The lowest BCUT2D eigenvalue weighted by molar-refractivity contribution is 0.768. The molecule has 2 aromatic heterocycles. The first kappa shape index (κ1) is 14.5. The predicted molar refractivity (Wildman–Crippen MR) is 87.4 cm³/mol. The molecular weight excluding hydrogens is 375 g/mol. The van der Waals surface area contributed by atoms with Gasteiger partial charge in [-0.3, -0.25) is 4.68 Å². The Balaban J connectivity index is 2.13. The number of benzene rings is 1. The van der Waals surface area contributed by atoms with Gasteiger partial charge in [-0.25, -0.2) is 9.97 Å². The molecule has 0 spiro atoms. The zero-order valence-electron chi connectivity index (χ0n) is 10.9. The summed E-state index contributed by atoms with van der Waals surface area (Å²) in [5, 5.41) is 5.16. The molecule has 2 heterocycles. The summed E-state index contributed by atoms with van der Waals surface area (Å²) < 4.78 is 2.53. The zero-order chi connectivity index (χ0) is 15.0. The molecule has 0 amide bonds. The van der Waals surface area contributed by atoms with Crippen LogP contribution in [-0.2, 0) is 7.05 Å². The third-order valence-electron chi connectivity index (χ3n) is 2.87. The monoisotopic (exact) mass is 382 g/mol. The molecule has 106 valence electrons. The summed E-state index contributed by atoms with van der Waals surface area (Å²) in [6, 6.07) is 7.15. The highest BCUT2D eigenvalue weighted by Gasteiger charge is 2.11. The van der Waals surface area contributed by atoms with Gasteiger partial charge in [0.1, 0.15) is 5.15 Å². The van der Waals surface area contributed by atoms with Crippen LogP contribution < -0.4 is 0 Å². The highest BCUT2D eigenvalue weighted by atomic mass is 79.9. The minimum absolute atomic E-state index is 0.376. The Kier molecular flexibility index (Phi) is 3.97. The first-order valence-electron chi connectivity index (χ1n) is 6.02. The number of halogens is 3. The van der Waals surface area contributed by atoms with E-state index in [-0.39, 0.29) is 0 Å². The fourth-order valence-corrected chi connectivity index (χ4v) is 2.95. The molecule has 0 atom stereocenters. The normalized spacial score (nSPS) is 10.9. The van der Waals surface area contributed by atoms with Crippen molar-refractivity contribution < 1.29 is 0 Å². The maximum absolute atomic E-state index is 6.12. The van der Waals surface area contributed by atoms with Gasteiger partial charge < -0.3 is 0 Å². The molecule has 0 radical (unpaired) electrons. The Hall–Kier alpha value is -1.43. The average Bonchev–Trinajstić information content (AvgIpc) is 2.84. The van der Waals surface area contributed by atoms with E-state index >= 15 is 0 Å². The van der Waals surface area contributed by atoms with Crippen LogP contribution >= 0.6 is 39.1 Å². The fraction of sp³-hybridized carbons (Fsp3) is 0.0714. The number of aryl methyl sites for hydroxylation is 1. The van der Waals surface area contributed by atoms with Crippen molar-refractivity contribution in [1.82, 2.24) is 19.7 Å². The highest BCUT2D eigenvalue weighted by molar-refractivity contribution is 9.10. The van der Waals surface area contributed by atoms with E-state index in [9.17, 15) is 0 Å². The van der Waals surface area contributed by atoms with E-state index in [1.54, 1.807) is 29.1 Å². The van der Waals surface area contributed by atoms with Crippen LogP contribution in [-0.4, -0.2) is 19.7 Å². The smallest absolute Gasteiger partial charge is 0.162 e. The molecule has 0 saturated carbocycles. The van der Waals surface area contributed by atoms with Gasteiger partial charge in [-0.1, -0.05) is 23.2 Å². The minimum Gasteiger partial charge on any atom is -0.275 e. The van der Waals surface area contributed by atoms with Crippen LogP contribution in [0.15, 0.2) is 41.1 Å². The molecule has 0 fully saturated rings. The second kappa shape index (κ2) is 5.75. The lowest BCUT2D eigenvalue weighted by Gasteiger charge is -2.06. The zero-order valence-corrected chi connectivity index (χ0v) is 14.0. The Morgan fingerprint density at radius 2 is 1.95 bits per heavy atom. The van der Waals surface area contributed by atoms with Crippen molar-refractivity contribution in [2.45, 2.75) is 0 Å². The lowest BCUT2D eigenvalue weighted by Crippen LogP contribution is -1.93. The van der Waals surface area contributed by atoms with Crippen molar-refractivity contribution in [3.63, 3.8) is 0 Å². The second-order valence-electron chi connectivity index (χ2n) is 4.43. The van der Waals surface area contributed by atoms with E-state index in [2.05, 4.69) is 31.0 Å². The molecular formula is C14H9BrCl2N4. The Morgan fingerprint density at radius 1 is 1.14 bits per heavy atom. The van der Waals surface area contributed by atoms with Gasteiger partial charge in [0.25, 0.3) is 0 Å². The van der Waals surface area contributed by atoms with Crippen molar-refractivity contribution in [3.05, 3.63) is 51.3 Å². The van der Waals surface area contributed by atoms with Crippen LogP contribution in [0.5, 0.6) is 0 Å². The van der Waals surface area contributed by atoms with Crippen molar-refractivity contribution in [3.8, 4) is 22.6 Å². The Bertz CT molecular complexity index is 816. The molecule has 3 rings (SSSR count). The van der Waals surface area contributed by atoms with Crippen LogP contribution in [0.4, 0.5) is 0 Å². The van der Waals surface area contributed by atoms with E-state index < -0.39 is 0 Å². The predicted octanol–water partition coefficient (Wildman–Crippen LogP) is 4.61. The summed E-state index contributed by atoms with van der Waals surface area (Å²) in [6.45, 7) is 0. The highest BCUT2D eigenvalue weighted by Crippen LogP contribution is 2.30. The van der Waals surface area contributed by atoms with Crippen molar-refractivity contribution in [1.29, 1.82) is 0 Å². The molecule has 21 heavy (non-hydrogen) atoms. The quantitative estimate of drug-likeness (QED) is 0.606. The van der Waals surface area contributed by atoms with Gasteiger partial charge in [0.05, 0.1) is 11.9 Å². The van der Waals surface area contributed by atoms with Crippen LogP contribution in [0.25, 0.3) is 22.6 Å². The van der Waals surface area contributed by atoms with Crippen molar-refractivity contribution in [2.24, 2.45) is 7.05 Å². The number of hydrogen-bond donors (Lipinski definition) is 0. The van der Waals surface area contributed by atoms with E-state index in [0.29, 0.717) is 16.0 Å². The summed E-state index contributed by atoms with van der Waals surface area (Å²) in [5.41, 5.74) is 2.43. The summed E-state index contributed by atoms with van der Waals surface area (Å²) in [4.78, 5) is 8.84. The van der Waals surface area contributed by atoms with Gasteiger partial charge in [0.2, 0.25) is 0 Å². The molecule has 3 aromatic rings. The first-order chi connectivity index (χ1) is 10.0. The number of rotatable bonds is 2. The van der Waals surface area contributed by atoms with Crippen LogP contribution in [0.1, 0.15) is 0 Å². The largest absolute Gasteiger partial charge is 0.275 e. The van der Waals surface area contributed by atoms with E-state index in [0.717, 1.165) is 21.3 Å². The van der Waals surface area contributed by atoms with Crippen LogP contribution in [0.2, 0.25) is 10.2 Å². The minimum atomic E-state index is 0.376. The van der Waals surface area contributed by atoms with E-state index in [1.165, 1.54) is 0 Å². The molecule has 0 aliphatic carbocycles. The van der Waals surface area contributed by atoms with E-state index in [4.69, 9.17) is 23.2 Å². The standard InChI is InChI=1S/C14H9BrCl2N4/c1-21-7-8(6-18-21)12-5-13(17)20-14(19-12)10-3-2-9(16)4-11(10)15/h2-7H,1H3. The average molecular weight is 384 g/mol. The lowest BCUT2D eigenvalue weighted by atomic mass is 10.2. The third-order valence-corrected chi connectivity index (χ3v) is 3.95. The van der Waals surface area contributed by atoms with Gasteiger partial charge in [-0.15, -0.1) is 0 Å². The van der Waals surface area contributed by atoms with E-state index in [1.807, 2.05) is 19.3 Å². The van der Waals surface area contributed by atoms with Gasteiger partial charge in [0.15, 0.2) is 5.82 Å². The number of aromatic nitrogens is 4. The molecule has 0 unspecified atom stereocenters. The molecule has 0 bridgehead atoms. The van der Waals surface area contributed by atoms with Gasteiger partial charge in [-0.05, 0) is 34.1 Å². The third kappa shape index (κ3) is 3.10. The van der Waals surface area contributed by atoms with Crippen LogP contribution in [0, 0.1) is 0 Å². The summed E-state index contributed by atoms with van der Waals surface area (Å²) >= 11 is 15.5. The molecule has 0 N–H and O–H groups in total. The first-order valence-corrected chi connectivity index (χ1v) is 7.57. The summed E-state index contributed by atoms with van der Waals surface area (Å²) in [5.74, 6) is 0.532. The summed E-state index contributed by atoms with van der Waals surface area (Å²) in [6.07, 6.45) is 3.61. The van der Waals surface area contributed by atoms with Crippen LogP contribution in [0.3, 0.4) is 0 Å². The maximum Gasteiger partial charge on any atom is 0.162 e. The topological polar surface area (TPSA) is 43.6 Å². The van der Waals surface area contributed by atoms with Gasteiger partial charge in [-0.2, -0.15) is 5.10 Å². The molecule has 0 aliphatic heterocycles. The van der Waals surface area contributed by atoms with Gasteiger partial charge >= 0.3 is 0 Å². The Labute approximate surface area is 139 Å². The fourth-order valence-electron chi connectivity index (χ4n) is 1.91. The SMILES string of the molecule is Cn1cc(-c2cc(Cl)nc(-c3ccc(Cl)cc3Br)n2)cn1. The Morgan fingerprint density at radius 3 is 2.62 bits per heavy atom. The molecule has 0 saturated heterocycles. The number of hydrogen-bond acceptors (Lipinski definition) is 3. The van der Waals surface area contributed by atoms with Crippen molar-refractivity contribution in [2.75, 3.05) is 0 Å². The van der Waals surface area contributed by atoms with Crippen molar-refractivity contribution >= 4 is 39.1 Å². The molecule has 4 nitrogen and oxygen atoms in total. The maximum atomic E-state index is 6.12. The number of nitrogens with zero attached hydrogens (tertiary/aromatic N) is 4. The summed E-state index contributed by atoms with van der Waals surface area (Å²) in [7, 11) is 1.85. The second-order valence-corrected chi connectivity index (χ2v) is 6.10. The molecule has 1 aromatic carbocycles.